The van der Waals surface area contributed by atoms with E-state index >= 15 is 0 Å². The van der Waals surface area contributed by atoms with Crippen molar-refractivity contribution in [3.63, 3.8) is 0 Å². The Bertz CT molecular complexity index is 448. The van der Waals surface area contributed by atoms with Gasteiger partial charge in [-0.1, -0.05) is 37.3 Å². The molecule has 0 fully saturated rings. The first-order valence-electron chi connectivity index (χ1n) is 6.02. The highest BCUT2D eigenvalue weighted by Crippen LogP contribution is 2.17. The van der Waals surface area contributed by atoms with Gasteiger partial charge in [0.05, 0.1) is 0 Å². The van der Waals surface area contributed by atoms with Gasteiger partial charge in [0, 0.05) is 24.5 Å². The van der Waals surface area contributed by atoms with Crippen LogP contribution in [0, 0.1) is 5.92 Å². The largest absolute Gasteiger partial charge is 0.331 e. The first-order chi connectivity index (χ1) is 8.31. The van der Waals surface area contributed by atoms with Crippen LogP contribution < -0.4 is 5.32 Å². The molecule has 3 nitrogen and oxygen atoms in total. The summed E-state index contributed by atoms with van der Waals surface area (Å²) in [4.78, 5) is 4.44. The van der Waals surface area contributed by atoms with E-state index in [1.807, 2.05) is 31.4 Å². The highest BCUT2D eigenvalue weighted by atomic mass is 15.1. The molecule has 1 aromatic heterocycles. The zero-order chi connectivity index (χ0) is 12.1. The molecule has 2 rings (SSSR count). The smallest absolute Gasteiger partial charge is 0.139 e. The molecule has 0 amide bonds. The van der Waals surface area contributed by atoms with E-state index in [-0.39, 0.29) is 0 Å². The number of rotatable bonds is 5. The molecule has 0 radical (unpaired) electrons. The van der Waals surface area contributed by atoms with Crippen molar-refractivity contribution in [1.29, 1.82) is 0 Å². The van der Waals surface area contributed by atoms with Crippen LogP contribution in [0.1, 0.15) is 6.92 Å². The van der Waals surface area contributed by atoms with Gasteiger partial charge in [0.1, 0.15) is 5.82 Å². The van der Waals surface area contributed by atoms with E-state index in [0.717, 1.165) is 18.9 Å². The lowest BCUT2D eigenvalue weighted by atomic mass is 10.1. The fraction of sp³-hybridized carbons (Fsp3) is 0.357. The SMILES string of the molecule is CNCC(C)Cn1ccnc1-c1ccccc1. The summed E-state index contributed by atoms with van der Waals surface area (Å²) in [6, 6.07) is 10.3. The lowest BCUT2D eigenvalue weighted by molar-refractivity contribution is 0.465. The molecule has 1 unspecified atom stereocenters. The van der Waals surface area contributed by atoms with Gasteiger partial charge in [-0.05, 0) is 19.5 Å². The van der Waals surface area contributed by atoms with Gasteiger partial charge in [0.15, 0.2) is 0 Å². The molecule has 1 aromatic carbocycles. The molecule has 0 saturated carbocycles. The van der Waals surface area contributed by atoms with Crippen molar-refractivity contribution >= 4 is 0 Å². The average Bonchev–Trinajstić information content (AvgIpc) is 2.78. The standard InChI is InChI=1S/C14H19N3/c1-12(10-15-2)11-17-9-8-16-14(17)13-6-4-3-5-7-13/h3-9,12,15H,10-11H2,1-2H3. The summed E-state index contributed by atoms with van der Waals surface area (Å²) in [5, 5.41) is 3.21. The number of imidazole rings is 1. The topological polar surface area (TPSA) is 29.9 Å². The summed E-state index contributed by atoms with van der Waals surface area (Å²) in [5.74, 6) is 1.64. The zero-order valence-electron chi connectivity index (χ0n) is 10.4. The van der Waals surface area contributed by atoms with Crippen LogP contribution in [0.25, 0.3) is 11.4 Å². The van der Waals surface area contributed by atoms with Crippen LogP contribution in [0.2, 0.25) is 0 Å². The molecule has 1 atom stereocenters. The van der Waals surface area contributed by atoms with Crippen LogP contribution in [-0.4, -0.2) is 23.1 Å². The van der Waals surface area contributed by atoms with Gasteiger partial charge in [-0.15, -0.1) is 0 Å². The molecule has 2 aromatic rings. The Kier molecular flexibility index (Phi) is 3.94. The summed E-state index contributed by atoms with van der Waals surface area (Å²) in [6.45, 7) is 4.25. The van der Waals surface area contributed by atoms with E-state index < -0.39 is 0 Å². The second kappa shape index (κ2) is 5.64. The van der Waals surface area contributed by atoms with Crippen molar-refractivity contribution < 1.29 is 0 Å². The third kappa shape index (κ3) is 2.94. The van der Waals surface area contributed by atoms with E-state index in [1.165, 1.54) is 5.56 Å². The molecule has 1 N–H and O–H groups in total. The molecule has 0 aliphatic heterocycles. The Balaban J connectivity index is 2.18. The van der Waals surface area contributed by atoms with Gasteiger partial charge in [-0.2, -0.15) is 0 Å². The maximum atomic E-state index is 4.44. The van der Waals surface area contributed by atoms with E-state index in [9.17, 15) is 0 Å². The Morgan fingerprint density at radius 3 is 2.76 bits per heavy atom. The third-order valence-electron chi connectivity index (χ3n) is 2.81. The summed E-state index contributed by atoms with van der Waals surface area (Å²) in [7, 11) is 1.99. The molecule has 0 aliphatic carbocycles. The number of aromatic nitrogens is 2. The molecule has 1 heterocycles. The van der Waals surface area contributed by atoms with Crippen molar-refractivity contribution in [3.8, 4) is 11.4 Å². The maximum Gasteiger partial charge on any atom is 0.139 e. The zero-order valence-corrected chi connectivity index (χ0v) is 10.4. The highest BCUT2D eigenvalue weighted by molar-refractivity contribution is 5.55. The number of hydrogen-bond acceptors (Lipinski definition) is 2. The normalized spacial score (nSPS) is 12.6. The van der Waals surface area contributed by atoms with Crippen molar-refractivity contribution in [2.24, 2.45) is 5.92 Å². The number of nitrogens with one attached hydrogen (secondary N) is 1. The van der Waals surface area contributed by atoms with Gasteiger partial charge >= 0.3 is 0 Å². The minimum Gasteiger partial charge on any atom is -0.331 e. The Morgan fingerprint density at radius 1 is 1.29 bits per heavy atom. The minimum absolute atomic E-state index is 0.594. The van der Waals surface area contributed by atoms with E-state index in [2.05, 4.69) is 40.1 Å². The number of nitrogens with zero attached hydrogens (tertiary/aromatic N) is 2. The van der Waals surface area contributed by atoms with Crippen LogP contribution in [-0.2, 0) is 6.54 Å². The monoisotopic (exact) mass is 229 g/mol. The highest BCUT2D eigenvalue weighted by Gasteiger charge is 2.08. The van der Waals surface area contributed by atoms with Gasteiger partial charge in [-0.3, -0.25) is 0 Å². The molecule has 0 saturated heterocycles. The molecule has 0 aliphatic rings. The summed E-state index contributed by atoms with van der Waals surface area (Å²) in [5.41, 5.74) is 1.18. The van der Waals surface area contributed by atoms with E-state index in [0.29, 0.717) is 5.92 Å². The molecule has 17 heavy (non-hydrogen) atoms. The third-order valence-corrected chi connectivity index (χ3v) is 2.81. The first kappa shape index (κ1) is 11.9. The predicted molar refractivity (Wildman–Crippen MR) is 70.8 cm³/mol. The number of benzene rings is 1. The van der Waals surface area contributed by atoms with Crippen molar-refractivity contribution in [3.05, 3.63) is 42.7 Å². The lowest BCUT2D eigenvalue weighted by Crippen LogP contribution is -2.20. The maximum absolute atomic E-state index is 4.44. The first-order valence-corrected chi connectivity index (χ1v) is 6.02. The molecule has 0 bridgehead atoms. The molecule has 90 valence electrons. The predicted octanol–water partition coefficient (Wildman–Crippen LogP) is 2.41. The van der Waals surface area contributed by atoms with Gasteiger partial charge in [-0.25, -0.2) is 4.98 Å². The van der Waals surface area contributed by atoms with Crippen molar-refractivity contribution in [1.82, 2.24) is 14.9 Å². The van der Waals surface area contributed by atoms with Crippen LogP contribution in [0.5, 0.6) is 0 Å². The Labute approximate surface area is 103 Å². The summed E-state index contributed by atoms with van der Waals surface area (Å²) in [6.07, 6.45) is 3.92. The van der Waals surface area contributed by atoms with Crippen LogP contribution in [0.4, 0.5) is 0 Å². The fourth-order valence-electron chi connectivity index (χ4n) is 2.05. The van der Waals surface area contributed by atoms with Gasteiger partial charge in [0.25, 0.3) is 0 Å². The molecular weight excluding hydrogens is 210 g/mol. The van der Waals surface area contributed by atoms with Crippen LogP contribution in [0.3, 0.4) is 0 Å². The molecule has 3 heteroatoms. The Morgan fingerprint density at radius 2 is 2.06 bits per heavy atom. The summed E-state index contributed by atoms with van der Waals surface area (Å²) >= 11 is 0. The van der Waals surface area contributed by atoms with E-state index in [1.54, 1.807) is 0 Å². The minimum atomic E-state index is 0.594. The summed E-state index contributed by atoms with van der Waals surface area (Å²) < 4.78 is 2.22. The van der Waals surface area contributed by atoms with Gasteiger partial charge < -0.3 is 9.88 Å². The lowest BCUT2D eigenvalue weighted by Gasteiger charge is -2.14. The fourth-order valence-corrected chi connectivity index (χ4v) is 2.05. The Hall–Kier alpha value is -1.61. The van der Waals surface area contributed by atoms with Crippen molar-refractivity contribution in [2.75, 3.05) is 13.6 Å². The van der Waals surface area contributed by atoms with Crippen molar-refractivity contribution in [2.45, 2.75) is 13.5 Å². The second-order valence-electron chi connectivity index (χ2n) is 4.43. The van der Waals surface area contributed by atoms with Gasteiger partial charge in [0.2, 0.25) is 0 Å². The average molecular weight is 229 g/mol. The molecule has 0 spiro atoms. The second-order valence-corrected chi connectivity index (χ2v) is 4.43. The van der Waals surface area contributed by atoms with Crippen LogP contribution in [0.15, 0.2) is 42.7 Å². The quantitative estimate of drug-likeness (QED) is 0.853. The van der Waals surface area contributed by atoms with E-state index in [4.69, 9.17) is 0 Å². The van der Waals surface area contributed by atoms with Crippen LogP contribution >= 0.6 is 0 Å². The number of hydrogen-bond donors (Lipinski definition) is 1. The molecular formula is C14H19N3.